The molecule has 21 heavy (non-hydrogen) atoms. The molecule has 0 spiro atoms. The van der Waals surface area contributed by atoms with Crippen molar-refractivity contribution < 1.29 is 9.53 Å². The molecule has 1 aliphatic rings. The maximum absolute atomic E-state index is 12.4. The van der Waals surface area contributed by atoms with Gasteiger partial charge in [0.15, 0.2) is 0 Å². The van der Waals surface area contributed by atoms with Crippen molar-refractivity contribution in [2.45, 2.75) is 17.3 Å². The van der Waals surface area contributed by atoms with Crippen LogP contribution in [0.5, 0.6) is 5.75 Å². The van der Waals surface area contributed by atoms with Gasteiger partial charge in [0.05, 0.1) is 13.2 Å². The first-order valence-corrected chi connectivity index (χ1v) is 7.77. The standard InChI is InChI=1S/C17H16BrNO2/c1-21-13-7-4-6-12(9-13)17(20)19-16-14-8-3-2-5-11(14)10-15(16)18/h2-9,15-16H,10H2,1H3,(H,19,20). The number of fused-ring (bicyclic) bond motifs is 1. The van der Waals surface area contributed by atoms with Crippen LogP contribution in [-0.4, -0.2) is 17.8 Å². The zero-order chi connectivity index (χ0) is 14.8. The molecule has 0 heterocycles. The smallest absolute Gasteiger partial charge is 0.251 e. The van der Waals surface area contributed by atoms with E-state index in [4.69, 9.17) is 4.74 Å². The van der Waals surface area contributed by atoms with Gasteiger partial charge in [-0.15, -0.1) is 0 Å². The third-order valence-corrected chi connectivity index (χ3v) is 4.64. The predicted octanol–water partition coefficient (Wildman–Crippen LogP) is 3.49. The summed E-state index contributed by atoms with van der Waals surface area (Å²) in [5.41, 5.74) is 3.09. The van der Waals surface area contributed by atoms with Crippen LogP contribution in [0, 0.1) is 0 Å². The molecule has 1 amide bonds. The number of ether oxygens (including phenoxy) is 1. The first-order chi connectivity index (χ1) is 10.2. The third-order valence-electron chi connectivity index (χ3n) is 3.79. The first kappa shape index (κ1) is 14.1. The molecule has 2 unspecified atom stereocenters. The van der Waals surface area contributed by atoms with Gasteiger partial charge in [-0.1, -0.05) is 46.3 Å². The Morgan fingerprint density at radius 2 is 2.05 bits per heavy atom. The van der Waals surface area contributed by atoms with Crippen LogP contribution in [0.1, 0.15) is 27.5 Å². The number of rotatable bonds is 3. The highest BCUT2D eigenvalue weighted by atomic mass is 79.9. The Morgan fingerprint density at radius 1 is 1.24 bits per heavy atom. The van der Waals surface area contributed by atoms with Crippen molar-refractivity contribution in [3.8, 4) is 5.75 Å². The minimum Gasteiger partial charge on any atom is -0.497 e. The topological polar surface area (TPSA) is 38.3 Å². The molecule has 0 aliphatic heterocycles. The lowest BCUT2D eigenvalue weighted by molar-refractivity contribution is 0.0937. The first-order valence-electron chi connectivity index (χ1n) is 6.86. The zero-order valence-corrected chi connectivity index (χ0v) is 13.3. The van der Waals surface area contributed by atoms with E-state index in [1.54, 1.807) is 19.2 Å². The molecular weight excluding hydrogens is 330 g/mol. The Morgan fingerprint density at radius 3 is 2.86 bits per heavy atom. The van der Waals surface area contributed by atoms with E-state index in [1.807, 2.05) is 24.3 Å². The Hall–Kier alpha value is -1.81. The Labute approximate surface area is 132 Å². The summed E-state index contributed by atoms with van der Waals surface area (Å²) in [5, 5.41) is 3.11. The van der Waals surface area contributed by atoms with E-state index in [0.717, 1.165) is 6.42 Å². The van der Waals surface area contributed by atoms with Crippen molar-refractivity contribution in [2.75, 3.05) is 7.11 Å². The second kappa shape index (κ2) is 5.90. The molecule has 108 valence electrons. The van der Waals surface area contributed by atoms with Gasteiger partial charge in [0, 0.05) is 10.4 Å². The van der Waals surface area contributed by atoms with Crippen LogP contribution in [-0.2, 0) is 6.42 Å². The summed E-state index contributed by atoms with van der Waals surface area (Å²) in [6, 6.07) is 15.4. The molecule has 3 rings (SSSR count). The maximum atomic E-state index is 12.4. The van der Waals surface area contributed by atoms with Gasteiger partial charge in [-0.2, -0.15) is 0 Å². The summed E-state index contributed by atoms with van der Waals surface area (Å²) in [5.74, 6) is 0.602. The van der Waals surface area contributed by atoms with Gasteiger partial charge in [0.2, 0.25) is 0 Å². The number of carbonyl (C=O) groups is 1. The second-order valence-electron chi connectivity index (χ2n) is 5.10. The Balaban J connectivity index is 1.81. The SMILES string of the molecule is COc1cccc(C(=O)NC2c3ccccc3CC2Br)c1. The molecule has 0 saturated heterocycles. The largest absolute Gasteiger partial charge is 0.497 e. The molecule has 2 aromatic carbocycles. The normalized spacial score (nSPS) is 19.9. The van der Waals surface area contributed by atoms with Crippen molar-refractivity contribution in [2.24, 2.45) is 0 Å². The Bertz CT molecular complexity index is 671. The summed E-state index contributed by atoms with van der Waals surface area (Å²) in [7, 11) is 1.60. The van der Waals surface area contributed by atoms with Crippen molar-refractivity contribution in [1.82, 2.24) is 5.32 Å². The molecule has 0 fully saturated rings. The monoisotopic (exact) mass is 345 g/mol. The van der Waals surface area contributed by atoms with E-state index in [-0.39, 0.29) is 16.8 Å². The lowest BCUT2D eigenvalue weighted by Crippen LogP contribution is -2.31. The fourth-order valence-electron chi connectivity index (χ4n) is 2.70. The van der Waals surface area contributed by atoms with E-state index in [0.29, 0.717) is 11.3 Å². The molecule has 1 N–H and O–H groups in total. The van der Waals surface area contributed by atoms with E-state index in [1.165, 1.54) is 11.1 Å². The van der Waals surface area contributed by atoms with E-state index in [2.05, 4.69) is 33.4 Å². The van der Waals surface area contributed by atoms with Gasteiger partial charge in [0.1, 0.15) is 5.75 Å². The highest BCUT2D eigenvalue weighted by Crippen LogP contribution is 2.35. The average molecular weight is 346 g/mol. The second-order valence-corrected chi connectivity index (χ2v) is 6.28. The molecule has 2 atom stereocenters. The molecule has 3 nitrogen and oxygen atoms in total. The van der Waals surface area contributed by atoms with Crippen LogP contribution >= 0.6 is 15.9 Å². The van der Waals surface area contributed by atoms with E-state index >= 15 is 0 Å². The minimum absolute atomic E-state index is 0.0000916. The molecule has 0 bridgehead atoms. The Kier molecular flexibility index (Phi) is 3.97. The van der Waals surface area contributed by atoms with Gasteiger partial charge in [0.25, 0.3) is 5.91 Å². The van der Waals surface area contributed by atoms with E-state index < -0.39 is 0 Å². The number of hydrogen-bond donors (Lipinski definition) is 1. The van der Waals surface area contributed by atoms with Crippen LogP contribution in [0.4, 0.5) is 0 Å². The van der Waals surface area contributed by atoms with Gasteiger partial charge in [-0.3, -0.25) is 4.79 Å². The van der Waals surface area contributed by atoms with Crippen molar-refractivity contribution in [1.29, 1.82) is 0 Å². The number of nitrogens with one attached hydrogen (secondary N) is 1. The summed E-state index contributed by atoms with van der Waals surface area (Å²) >= 11 is 3.68. The molecule has 0 aromatic heterocycles. The summed E-state index contributed by atoms with van der Waals surface area (Å²) in [4.78, 5) is 12.7. The molecular formula is C17H16BrNO2. The molecule has 0 radical (unpaired) electrons. The maximum Gasteiger partial charge on any atom is 0.251 e. The fourth-order valence-corrected chi connectivity index (χ4v) is 3.47. The molecule has 4 heteroatoms. The van der Waals surface area contributed by atoms with Gasteiger partial charge in [-0.25, -0.2) is 0 Å². The lowest BCUT2D eigenvalue weighted by Gasteiger charge is -2.18. The number of alkyl halides is 1. The molecule has 0 saturated carbocycles. The van der Waals surface area contributed by atoms with Crippen LogP contribution in [0.15, 0.2) is 48.5 Å². The third kappa shape index (κ3) is 2.81. The quantitative estimate of drug-likeness (QED) is 0.864. The van der Waals surface area contributed by atoms with Gasteiger partial charge < -0.3 is 10.1 Å². The number of amides is 1. The predicted molar refractivity (Wildman–Crippen MR) is 86.1 cm³/mol. The molecule has 2 aromatic rings. The number of halogens is 1. The van der Waals surface area contributed by atoms with Crippen LogP contribution in [0.3, 0.4) is 0 Å². The van der Waals surface area contributed by atoms with Crippen LogP contribution in [0.25, 0.3) is 0 Å². The summed E-state index contributed by atoms with van der Waals surface area (Å²) in [6.45, 7) is 0. The number of carbonyl (C=O) groups excluding carboxylic acids is 1. The summed E-state index contributed by atoms with van der Waals surface area (Å²) in [6.07, 6.45) is 0.930. The van der Waals surface area contributed by atoms with Crippen molar-refractivity contribution >= 4 is 21.8 Å². The van der Waals surface area contributed by atoms with E-state index in [9.17, 15) is 4.79 Å². The van der Waals surface area contributed by atoms with Crippen molar-refractivity contribution in [3.63, 3.8) is 0 Å². The highest BCUT2D eigenvalue weighted by molar-refractivity contribution is 9.09. The number of methoxy groups -OCH3 is 1. The van der Waals surface area contributed by atoms with Crippen molar-refractivity contribution in [3.05, 3.63) is 65.2 Å². The van der Waals surface area contributed by atoms with Crippen LogP contribution in [0.2, 0.25) is 0 Å². The number of hydrogen-bond acceptors (Lipinski definition) is 2. The van der Waals surface area contributed by atoms with Gasteiger partial charge in [-0.05, 0) is 35.7 Å². The minimum atomic E-state index is -0.0833. The zero-order valence-electron chi connectivity index (χ0n) is 11.7. The van der Waals surface area contributed by atoms with Crippen LogP contribution < -0.4 is 10.1 Å². The summed E-state index contributed by atoms with van der Waals surface area (Å²) < 4.78 is 5.16. The lowest BCUT2D eigenvalue weighted by atomic mass is 10.1. The number of benzene rings is 2. The van der Waals surface area contributed by atoms with Gasteiger partial charge >= 0.3 is 0 Å². The molecule has 1 aliphatic carbocycles. The highest BCUT2D eigenvalue weighted by Gasteiger charge is 2.31. The fraction of sp³-hybridized carbons (Fsp3) is 0.235. The average Bonchev–Trinajstić information content (AvgIpc) is 2.83.